The summed E-state index contributed by atoms with van der Waals surface area (Å²) in [5, 5.41) is 3.84. The third-order valence-corrected chi connectivity index (χ3v) is 4.43. The number of para-hydroxylation sites is 1. The minimum absolute atomic E-state index is 0.261. The number of urea groups is 1. The SMILES string of the molecule is COc1cccc(N2C(=O)N[C@H](Cc3c[nH]c4ccccc34)C2=O)c1. The highest BCUT2D eigenvalue weighted by Gasteiger charge is 2.39. The van der Waals surface area contributed by atoms with Gasteiger partial charge in [-0.25, -0.2) is 9.69 Å². The number of rotatable bonds is 4. The number of H-pyrrole nitrogens is 1. The van der Waals surface area contributed by atoms with Gasteiger partial charge in [0, 0.05) is 29.6 Å². The Morgan fingerprint density at radius 1 is 1.12 bits per heavy atom. The van der Waals surface area contributed by atoms with Gasteiger partial charge < -0.3 is 15.0 Å². The van der Waals surface area contributed by atoms with Crippen LogP contribution in [0, 0.1) is 0 Å². The van der Waals surface area contributed by atoms with E-state index in [2.05, 4.69) is 10.3 Å². The van der Waals surface area contributed by atoms with Gasteiger partial charge in [0.05, 0.1) is 12.8 Å². The molecule has 1 fully saturated rings. The lowest BCUT2D eigenvalue weighted by atomic mass is 10.0. The summed E-state index contributed by atoms with van der Waals surface area (Å²) in [6.07, 6.45) is 2.33. The van der Waals surface area contributed by atoms with Gasteiger partial charge in [-0.15, -0.1) is 0 Å². The average Bonchev–Trinajstić information content (AvgIpc) is 3.16. The maximum absolute atomic E-state index is 12.8. The number of carbonyl (C=O) groups excluding carboxylic acids is 2. The van der Waals surface area contributed by atoms with Crippen molar-refractivity contribution in [2.75, 3.05) is 12.0 Å². The van der Waals surface area contributed by atoms with Gasteiger partial charge in [0.2, 0.25) is 0 Å². The van der Waals surface area contributed by atoms with Crippen LogP contribution >= 0.6 is 0 Å². The highest BCUT2D eigenvalue weighted by molar-refractivity contribution is 6.21. The molecule has 6 heteroatoms. The number of fused-ring (bicyclic) bond motifs is 1. The molecule has 2 N–H and O–H groups in total. The largest absolute Gasteiger partial charge is 0.497 e. The summed E-state index contributed by atoms with van der Waals surface area (Å²) in [5.41, 5.74) is 2.52. The van der Waals surface area contributed by atoms with E-state index in [1.807, 2.05) is 30.5 Å². The number of carbonyl (C=O) groups is 2. The summed E-state index contributed by atoms with van der Waals surface area (Å²) < 4.78 is 5.17. The van der Waals surface area contributed by atoms with Crippen LogP contribution in [0.5, 0.6) is 5.75 Å². The number of nitrogens with zero attached hydrogens (tertiary/aromatic N) is 1. The molecule has 25 heavy (non-hydrogen) atoms. The fourth-order valence-corrected chi connectivity index (χ4v) is 3.18. The van der Waals surface area contributed by atoms with Crippen LogP contribution in [-0.4, -0.2) is 30.1 Å². The molecule has 3 aromatic rings. The third-order valence-electron chi connectivity index (χ3n) is 4.43. The molecule has 6 nitrogen and oxygen atoms in total. The lowest BCUT2D eigenvalue weighted by molar-refractivity contribution is -0.118. The number of anilines is 1. The molecule has 0 spiro atoms. The van der Waals surface area contributed by atoms with E-state index in [4.69, 9.17) is 4.74 Å². The van der Waals surface area contributed by atoms with Crippen molar-refractivity contribution in [2.24, 2.45) is 0 Å². The molecule has 1 aliphatic heterocycles. The molecule has 1 aliphatic rings. The highest BCUT2D eigenvalue weighted by atomic mass is 16.5. The molecule has 0 bridgehead atoms. The highest BCUT2D eigenvalue weighted by Crippen LogP contribution is 2.26. The number of imide groups is 1. The molecule has 1 saturated heterocycles. The minimum atomic E-state index is -0.585. The van der Waals surface area contributed by atoms with Gasteiger partial charge in [-0.1, -0.05) is 24.3 Å². The Labute approximate surface area is 144 Å². The predicted octanol–water partition coefficient (Wildman–Crippen LogP) is 2.84. The maximum atomic E-state index is 12.8. The molecule has 2 heterocycles. The van der Waals surface area contributed by atoms with E-state index >= 15 is 0 Å². The molecule has 2 aromatic carbocycles. The monoisotopic (exact) mass is 335 g/mol. The van der Waals surface area contributed by atoms with Crippen LogP contribution in [0.4, 0.5) is 10.5 Å². The van der Waals surface area contributed by atoms with Gasteiger partial charge in [0.1, 0.15) is 11.8 Å². The van der Waals surface area contributed by atoms with Crippen LogP contribution in [0.15, 0.2) is 54.7 Å². The van der Waals surface area contributed by atoms with Crippen LogP contribution in [0.25, 0.3) is 10.9 Å². The van der Waals surface area contributed by atoms with E-state index in [1.165, 1.54) is 4.90 Å². The Bertz CT molecular complexity index is 963. The third kappa shape index (κ3) is 2.61. The molecular weight excluding hydrogens is 318 g/mol. The van der Waals surface area contributed by atoms with Crippen LogP contribution in [0.3, 0.4) is 0 Å². The number of benzene rings is 2. The van der Waals surface area contributed by atoms with Crippen molar-refractivity contribution in [1.82, 2.24) is 10.3 Å². The van der Waals surface area contributed by atoms with Gasteiger partial charge >= 0.3 is 6.03 Å². The maximum Gasteiger partial charge on any atom is 0.329 e. The van der Waals surface area contributed by atoms with Crippen molar-refractivity contribution in [3.05, 3.63) is 60.3 Å². The Morgan fingerprint density at radius 3 is 2.80 bits per heavy atom. The lowest BCUT2D eigenvalue weighted by Gasteiger charge is -2.14. The van der Waals surface area contributed by atoms with Gasteiger partial charge in [0.25, 0.3) is 5.91 Å². The van der Waals surface area contributed by atoms with Crippen LogP contribution in [0.2, 0.25) is 0 Å². The average molecular weight is 335 g/mol. The molecule has 0 radical (unpaired) electrons. The topological polar surface area (TPSA) is 74.4 Å². The molecule has 0 aliphatic carbocycles. The van der Waals surface area contributed by atoms with E-state index in [-0.39, 0.29) is 5.91 Å². The Hall–Kier alpha value is -3.28. The van der Waals surface area contributed by atoms with E-state index in [1.54, 1.807) is 31.4 Å². The zero-order chi connectivity index (χ0) is 17.4. The summed E-state index contributed by atoms with van der Waals surface area (Å²) in [7, 11) is 1.55. The summed E-state index contributed by atoms with van der Waals surface area (Å²) in [6, 6.07) is 13.8. The zero-order valence-electron chi connectivity index (χ0n) is 13.7. The first-order valence-corrected chi connectivity index (χ1v) is 8.01. The summed E-state index contributed by atoms with van der Waals surface area (Å²) in [6.45, 7) is 0. The predicted molar refractivity (Wildman–Crippen MR) is 94.8 cm³/mol. The first-order valence-electron chi connectivity index (χ1n) is 8.01. The van der Waals surface area contributed by atoms with E-state index in [0.29, 0.717) is 17.9 Å². The Balaban J connectivity index is 1.60. The smallest absolute Gasteiger partial charge is 0.329 e. The number of methoxy groups -OCH3 is 1. The quantitative estimate of drug-likeness (QED) is 0.720. The number of hydrogen-bond acceptors (Lipinski definition) is 3. The van der Waals surface area contributed by atoms with Crippen LogP contribution in [0.1, 0.15) is 5.56 Å². The second-order valence-electron chi connectivity index (χ2n) is 5.94. The van der Waals surface area contributed by atoms with Gasteiger partial charge in [-0.05, 0) is 23.8 Å². The molecule has 0 unspecified atom stereocenters. The second kappa shape index (κ2) is 5.98. The Morgan fingerprint density at radius 2 is 1.96 bits per heavy atom. The van der Waals surface area contributed by atoms with Crippen molar-refractivity contribution in [3.8, 4) is 5.75 Å². The number of amides is 3. The molecular formula is C19H17N3O3. The summed E-state index contributed by atoms with van der Waals surface area (Å²) in [4.78, 5) is 29.5. The molecule has 4 rings (SSSR count). The Kier molecular flexibility index (Phi) is 3.65. The number of ether oxygens (including phenoxy) is 1. The zero-order valence-corrected chi connectivity index (χ0v) is 13.7. The first kappa shape index (κ1) is 15.3. The first-order chi connectivity index (χ1) is 12.2. The lowest BCUT2D eigenvalue weighted by Crippen LogP contribution is -2.32. The van der Waals surface area contributed by atoms with Crippen LogP contribution < -0.4 is 15.0 Å². The summed E-state index contributed by atoms with van der Waals surface area (Å²) in [5.74, 6) is 0.335. The molecule has 0 saturated carbocycles. The van der Waals surface area contributed by atoms with E-state index in [0.717, 1.165) is 16.5 Å². The fraction of sp³-hybridized carbons (Fsp3) is 0.158. The van der Waals surface area contributed by atoms with E-state index < -0.39 is 12.1 Å². The number of aromatic amines is 1. The molecule has 126 valence electrons. The van der Waals surface area contributed by atoms with Gasteiger partial charge in [-0.3, -0.25) is 4.79 Å². The van der Waals surface area contributed by atoms with Crippen LogP contribution in [-0.2, 0) is 11.2 Å². The van der Waals surface area contributed by atoms with Crippen molar-refractivity contribution in [3.63, 3.8) is 0 Å². The minimum Gasteiger partial charge on any atom is -0.497 e. The van der Waals surface area contributed by atoms with Crippen molar-refractivity contribution in [1.29, 1.82) is 0 Å². The second-order valence-corrected chi connectivity index (χ2v) is 5.94. The van der Waals surface area contributed by atoms with Crippen molar-refractivity contribution >= 4 is 28.5 Å². The molecule has 1 atom stereocenters. The molecule has 3 amide bonds. The van der Waals surface area contributed by atoms with Gasteiger partial charge in [-0.2, -0.15) is 0 Å². The fourth-order valence-electron chi connectivity index (χ4n) is 3.18. The number of aromatic nitrogens is 1. The van der Waals surface area contributed by atoms with E-state index in [9.17, 15) is 9.59 Å². The van der Waals surface area contributed by atoms with Crippen molar-refractivity contribution < 1.29 is 14.3 Å². The molecule has 1 aromatic heterocycles. The number of nitrogens with one attached hydrogen (secondary N) is 2. The standard InChI is InChI=1S/C19H17N3O3/c1-25-14-6-4-5-13(10-14)22-18(23)17(21-19(22)24)9-12-11-20-16-8-3-2-7-15(12)16/h2-8,10-11,17,20H,9H2,1H3,(H,21,24)/t17-/m1/s1. The van der Waals surface area contributed by atoms with Crippen molar-refractivity contribution in [2.45, 2.75) is 12.5 Å². The van der Waals surface area contributed by atoms with Gasteiger partial charge in [0.15, 0.2) is 0 Å². The number of hydrogen-bond donors (Lipinski definition) is 2. The normalized spacial score (nSPS) is 17.2. The summed E-state index contributed by atoms with van der Waals surface area (Å²) >= 11 is 0.